The number of amides is 1. The quantitative estimate of drug-likeness (QED) is 0.677. The molecule has 4 rings (SSSR count). The van der Waals surface area contributed by atoms with Crippen LogP contribution in [-0.2, 0) is 0 Å². The molecule has 0 spiro atoms. The zero-order chi connectivity index (χ0) is 18.6. The largest absolute Gasteiger partial charge is 0.496 e. The number of aromatic nitrogens is 2. The molecule has 0 atom stereocenters. The van der Waals surface area contributed by atoms with Crippen LogP contribution in [0.2, 0.25) is 0 Å². The highest BCUT2D eigenvalue weighted by atomic mass is 32.2. The first kappa shape index (κ1) is 17.1. The van der Waals surface area contributed by atoms with Crippen LogP contribution in [0.1, 0.15) is 10.4 Å². The van der Waals surface area contributed by atoms with Crippen LogP contribution in [0.5, 0.6) is 11.5 Å². The van der Waals surface area contributed by atoms with Crippen molar-refractivity contribution in [2.24, 2.45) is 5.10 Å². The predicted octanol–water partition coefficient (Wildman–Crippen LogP) is 2.97. The minimum Gasteiger partial charge on any atom is -0.496 e. The minimum absolute atomic E-state index is 0.308. The third-order valence-corrected chi connectivity index (χ3v) is 4.51. The zero-order valence-electron chi connectivity index (χ0n) is 14.2. The van der Waals surface area contributed by atoms with E-state index < -0.39 is 0 Å². The third-order valence-electron chi connectivity index (χ3n) is 3.70. The number of nitrogens with one attached hydrogen (secondary N) is 1. The van der Waals surface area contributed by atoms with E-state index in [0.29, 0.717) is 45.4 Å². The first-order valence-electron chi connectivity index (χ1n) is 7.98. The Kier molecular flexibility index (Phi) is 4.75. The van der Waals surface area contributed by atoms with Crippen LogP contribution in [0.15, 0.2) is 63.3 Å². The van der Waals surface area contributed by atoms with E-state index in [4.69, 9.17) is 13.9 Å². The van der Waals surface area contributed by atoms with E-state index >= 15 is 0 Å². The number of benzene rings is 2. The average Bonchev–Trinajstić information content (AvgIpc) is 3.12. The molecule has 0 aliphatic carbocycles. The summed E-state index contributed by atoms with van der Waals surface area (Å²) in [6.45, 7) is 0. The van der Waals surface area contributed by atoms with E-state index in [2.05, 4.69) is 20.7 Å². The van der Waals surface area contributed by atoms with Gasteiger partial charge in [0.15, 0.2) is 0 Å². The summed E-state index contributed by atoms with van der Waals surface area (Å²) in [6, 6.07) is 14.3. The molecule has 0 radical (unpaired) electrons. The van der Waals surface area contributed by atoms with Gasteiger partial charge in [-0.05, 0) is 24.3 Å². The Morgan fingerprint density at radius 3 is 2.70 bits per heavy atom. The molecular weight excluding hydrogens is 368 g/mol. The van der Waals surface area contributed by atoms with Crippen LogP contribution >= 0.6 is 11.8 Å². The van der Waals surface area contributed by atoms with E-state index in [1.807, 2.05) is 24.3 Å². The van der Waals surface area contributed by atoms with Crippen LogP contribution in [0.3, 0.4) is 0 Å². The number of thioether (sulfide) groups is 1. The molecule has 3 aromatic rings. The summed E-state index contributed by atoms with van der Waals surface area (Å²) in [7, 11) is 1.58. The monoisotopic (exact) mass is 382 g/mol. The number of carbonyl (C=O) groups excluding carboxylic acids is 1. The highest BCUT2D eigenvalue weighted by Gasteiger charge is 2.19. The average molecular weight is 382 g/mol. The van der Waals surface area contributed by atoms with Gasteiger partial charge in [0.2, 0.25) is 5.90 Å². The van der Waals surface area contributed by atoms with Gasteiger partial charge in [0, 0.05) is 0 Å². The minimum atomic E-state index is -0.318. The summed E-state index contributed by atoms with van der Waals surface area (Å²) in [5.41, 5.74) is 3.60. The number of ether oxygens (including phenoxy) is 2. The lowest BCUT2D eigenvalue weighted by Gasteiger charge is -2.06. The highest BCUT2D eigenvalue weighted by Crippen LogP contribution is 2.30. The molecule has 9 heteroatoms. The maximum atomic E-state index is 12.0. The number of hydrazone groups is 1. The standard InChI is InChI=1S/C18H14N4O4S/c1-24-13-8-4-3-7-12(13)17-21-22-18(26-17)27-10-15-19-20-16(23)11-6-2-5-9-14(11)25-15/h2-9H,10H2,1H3,(H,20,23). The van der Waals surface area contributed by atoms with Gasteiger partial charge in [-0.2, -0.15) is 0 Å². The Morgan fingerprint density at radius 2 is 1.85 bits per heavy atom. The van der Waals surface area contributed by atoms with E-state index in [0.717, 1.165) is 0 Å². The molecule has 27 heavy (non-hydrogen) atoms. The predicted molar refractivity (Wildman–Crippen MR) is 99.0 cm³/mol. The first-order chi connectivity index (χ1) is 13.2. The second kappa shape index (κ2) is 7.50. The lowest BCUT2D eigenvalue weighted by molar-refractivity contribution is 0.0955. The Morgan fingerprint density at radius 1 is 1.07 bits per heavy atom. The summed E-state index contributed by atoms with van der Waals surface area (Å²) in [6.07, 6.45) is 0. The van der Waals surface area contributed by atoms with Gasteiger partial charge in [-0.3, -0.25) is 4.79 Å². The molecule has 1 aliphatic rings. The van der Waals surface area contributed by atoms with Crippen molar-refractivity contribution in [1.82, 2.24) is 15.6 Å². The maximum Gasteiger partial charge on any atom is 0.277 e. The molecule has 136 valence electrons. The number of fused-ring (bicyclic) bond motifs is 1. The van der Waals surface area contributed by atoms with Crippen molar-refractivity contribution in [3.05, 3.63) is 54.1 Å². The first-order valence-corrected chi connectivity index (χ1v) is 8.96. The van der Waals surface area contributed by atoms with Crippen molar-refractivity contribution in [2.45, 2.75) is 5.22 Å². The van der Waals surface area contributed by atoms with E-state index in [1.165, 1.54) is 11.8 Å². The summed E-state index contributed by atoms with van der Waals surface area (Å²) >= 11 is 1.25. The normalized spacial score (nSPS) is 13.1. The van der Waals surface area contributed by atoms with Gasteiger partial charge >= 0.3 is 0 Å². The van der Waals surface area contributed by atoms with Crippen LogP contribution in [0.4, 0.5) is 0 Å². The second-order valence-electron chi connectivity index (χ2n) is 5.41. The molecule has 0 unspecified atom stereocenters. The van der Waals surface area contributed by atoms with Gasteiger partial charge in [-0.25, -0.2) is 5.43 Å². The van der Waals surface area contributed by atoms with Gasteiger partial charge in [0.1, 0.15) is 11.5 Å². The Balaban J connectivity index is 1.47. The fraction of sp³-hybridized carbons (Fsp3) is 0.111. The van der Waals surface area contributed by atoms with Gasteiger partial charge < -0.3 is 13.9 Å². The van der Waals surface area contributed by atoms with Gasteiger partial charge in [0.25, 0.3) is 17.0 Å². The fourth-order valence-corrected chi connectivity index (χ4v) is 3.06. The lowest BCUT2D eigenvalue weighted by atomic mass is 10.2. The van der Waals surface area contributed by atoms with E-state index in [1.54, 1.807) is 31.4 Å². The molecule has 0 bridgehead atoms. The molecule has 0 saturated heterocycles. The molecule has 0 fully saturated rings. The Labute approximate surface area is 158 Å². The van der Waals surface area contributed by atoms with Crippen LogP contribution in [-0.4, -0.2) is 34.9 Å². The molecule has 2 heterocycles. The molecule has 1 aromatic heterocycles. The number of rotatable bonds is 5. The van der Waals surface area contributed by atoms with Gasteiger partial charge in [-0.15, -0.1) is 15.3 Å². The van der Waals surface area contributed by atoms with Crippen LogP contribution in [0.25, 0.3) is 11.5 Å². The number of hydrogen-bond acceptors (Lipinski definition) is 8. The Hall–Kier alpha value is -3.33. The molecule has 0 saturated carbocycles. The molecule has 2 aromatic carbocycles. The molecule has 1 N–H and O–H groups in total. The highest BCUT2D eigenvalue weighted by molar-refractivity contribution is 7.99. The van der Waals surface area contributed by atoms with Crippen molar-refractivity contribution in [3.8, 4) is 23.0 Å². The van der Waals surface area contributed by atoms with Crippen molar-refractivity contribution in [1.29, 1.82) is 0 Å². The Bertz CT molecular complexity index is 1020. The van der Waals surface area contributed by atoms with Crippen molar-refractivity contribution in [2.75, 3.05) is 12.9 Å². The van der Waals surface area contributed by atoms with E-state index in [9.17, 15) is 4.79 Å². The number of hydrogen-bond donors (Lipinski definition) is 1. The molecule has 1 amide bonds. The summed E-state index contributed by atoms with van der Waals surface area (Å²) < 4.78 is 16.7. The number of para-hydroxylation sites is 2. The topological polar surface area (TPSA) is 98.8 Å². The summed E-state index contributed by atoms with van der Waals surface area (Å²) in [5.74, 6) is 1.78. The van der Waals surface area contributed by atoms with Gasteiger partial charge in [-0.1, -0.05) is 36.0 Å². The van der Waals surface area contributed by atoms with Crippen molar-refractivity contribution >= 4 is 23.6 Å². The fourth-order valence-electron chi connectivity index (χ4n) is 2.45. The number of carbonyl (C=O) groups is 1. The van der Waals surface area contributed by atoms with Crippen molar-refractivity contribution in [3.63, 3.8) is 0 Å². The van der Waals surface area contributed by atoms with Gasteiger partial charge in [0.05, 0.1) is 24.0 Å². The molecule has 1 aliphatic heterocycles. The summed E-state index contributed by atoms with van der Waals surface area (Å²) in [4.78, 5) is 12.0. The maximum absolute atomic E-state index is 12.0. The zero-order valence-corrected chi connectivity index (χ0v) is 15.0. The van der Waals surface area contributed by atoms with E-state index in [-0.39, 0.29) is 5.91 Å². The number of nitrogens with zero attached hydrogens (tertiary/aromatic N) is 3. The third kappa shape index (κ3) is 3.63. The van der Waals surface area contributed by atoms with Crippen LogP contribution in [0, 0.1) is 0 Å². The molecule has 8 nitrogen and oxygen atoms in total. The SMILES string of the molecule is COc1ccccc1-c1nnc(SCC2=NNC(=O)c3ccccc3O2)o1. The van der Waals surface area contributed by atoms with Crippen molar-refractivity contribution < 1.29 is 18.7 Å². The lowest BCUT2D eigenvalue weighted by Crippen LogP contribution is -2.18. The number of methoxy groups -OCH3 is 1. The second-order valence-corrected chi connectivity index (χ2v) is 6.33. The van der Waals surface area contributed by atoms with Crippen LogP contribution < -0.4 is 14.9 Å². The molecular formula is C18H14N4O4S. The summed E-state index contributed by atoms with van der Waals surface area (Å²) in [5, 5.41) is 12.4. The smallest absolute Gasteiger partial charge is 0.277 e.